The SMILES string of the molecule is CNC(C)Cc1noc(COc2cccc(Cl)c2C)n1.Cl. The number of nitrogens with one attached hydrogen (secondary N) is 1. The summed E-state index contributed by atoms with van der Waals surface area (Å²) in [5, 5.41) is 7.73. The monoisotopic (exact) mass is 331 g/mol. The van der Waals surface area contributed by atoms with Crippen molar-refractivity contribution in [3.63, 3.8) is 0 Å². The lowest BCUT2D eigenvalue weighted by Gasteiger charge is -2.07. The molecule has 0 aliphatic carbocycles. The van der Waals surface area contributed by atoms with Gasteiger partial charge in [-0.25, -0.2) is 0 Å². The van der Waals surface area contributed by atoms with Crippen molar-refractivity contribution in [2.45, 2.75) is 32.9 Å². The van der Waals surface area contributed by atoms with Gasteiger partial charge in [-0.15, -0.1) is 12.4 Å². The molecule has 1 unspecified atom stereocenters. The number of halogens is 2. The van der Waals surface area contributed by atoms with Gasteiger partial charge in [-0.1, -0.05) is 22.8 Å². The Morgan fingerprint density at radius 3 is 2.90 bits per heavy atom. The molecule has 1 atom stereocenters. The zero-order valence-corrected chi connectivity index (χ0v) is 13.8. The Morgan fingerprint density at radius 2 is 2.19 bits per heavy atom. The summed E-state index contributed by atoms with van der Waals surface area (Å²) in [6, 6.07) is 5.84. The van der Waals surface area contributed by atoms with Crippen molar-refractivity contribution in [1.29, 1.82) is 0 Å². The molecule has 5 nitrogen and oxygen atoms in total. The fraction of sp³-hybridized carbons (Fsp3) is 0.429. The number of aromatic nitrogens is 2. The van der Waals surface area contributed by atoms with Crippen LogP contribution in [0, 0.1) is 6.92 Å². The number of nitrogens with zero attached hydrogens (tertiary/aromatic N) is 2. The quantitative estimate of drug-likeness (QED) is 0.880. The minimum Gasteiger partial charge on any atom is -0.483 e. The Kier molecular flexibility index (Phi) is 6.95. The fourth-order valence-corrected chi connectivity index (χ4v) is 1.86. The summed E-state index contributed by atoms with van der Waals surface area (Å²) in [7, 11) is 1.90. The van der Waals surface area contributed by atoms with Crippen molar-refractivity contribution in [3.8, 4) is 5.75 Å². The summed E-state index contributed by atoms with van der Waals surface area (Å²) in [5.74, 6) is 1.86. The molecule has 0 radical (unpaired) electrons. The lowest BCUT2D eigenvalue weighted by atomic mass is 10.2. The summed E-state index contributed by atoms with van der Waals surface area (Å²) in [6.07, 6.45) is 0.718. The third kappa shape index (κ3) is 4.88. The molecule has 7 heteroatoms. The second-order valence-corrected chi connectivity index (χ2v) is 5.06. The minimum atomic E-state index is 0. The number of hydrogen-bond donors (Lipinski definition) is 1. The van der Waals surface area contributed by atoms with Gasteiger partial charge < -0.3 is 14.6 Å². The lowest BCUT2D eigenvalue weighted by molar-refractivity contribution is 0.241. The average Bonchev–Trinajstić information content (AvgIpc) is 2.88. The molecule has 1 N–H and O–H groups in total. The van der Waals surface area contributed by atoms with Crippen LogP contribution in [0.25, 0.3) is 0 Å². The predicted molar refractivity (Wildman–Crippen MR) is 84.3 cm³/mol. The molecule has 0 saturated heterocycles. The van der Waals surface area contributed by atoms with Crippen LogP contribution in [0.3, 0.4) is 0 Å². The van der Waals surface area contributed by atoms with Crippen molar-refractivity contribution in [2.75, 3.05) is 7.05 Å². The Bertz CT molecular complexity index is 575. The number of ether oxygens (including phenoxy) is 1. The topological polar surface area (TPSA) is 60.2 Å². The molecule has 0 spiro atoms. The molecule has 116 valence electrons. The summed E-state index contributed by atoms with van der Waals surface area (Å²) in [4.78, 5) is 4.29. The molecule has 1 aromatic carbocycles. The van der Waals surface area contributed by atoms with E-state index in [1.54, 1.807) is 0 Å². The van der Waals surface area contributed by atoms with E-state index in [4.69, 9.17) is 20.9 Å². The van der Waals surface area contributed by atoms with Gasteiger partial charge in [-0.05, 0) is 33.0 Å². The molecule has 0 aliphatic rings. The first-order valence-corrected chi connectivity index (χ1v) is 6.84. The molecule has 1 aromatic heterocycles. The van der Waals surface area contributed by atoms with Gasteiger partial charge >= 0.3 is 0 Å². The molecular weight excluding hydrogens is 313 g/mol. The van der Waals surface area contributed by atoms with Gasteiger partial charge in [-0.2, -0.15) is 4.98 Å². The molecule has 0 aliphatic heterocycles. The molecule has 1 heterocycles. The largest absolute Gasteiger partial charge is 0.483 e. The van der Waals surface area contributed by atoms with E-state index in [0.717, 1.165) is 17.7 Å². The summed E-state index contributed by atoms with van der Waals surface area (Å²) in [6.45, 7) is 4.20. The second-order valence-electron chi connectivity index (χ2n) is 4.65. The summed E-state index contributed by atoms with van der Waals surface area (Å²) >= 11 is 6.03. The van der Waals surface area contributed by atoms with Crippen molar-refractivity contribution < 1.29 is 9.26 Å². The van der Waals surface area contributed by atoms with Crippen LogP contribution in [-0.2, 0) is 13.0 Å². The molecular formula is C14H19Cl2N3O2. The number of likely N-dealkylation sites (N-methyl/N-ethyl adjacent to an activating group) is 1. The zero-order chi connectivity index (χ0) is 14.5. The van der Waals surface area contributed by atoms with Crippen LogP contribution < -0.4 is 10.1 Å². The standard InChI is InChI=1S/C14H18ClN3O2.ClH/c1-9(16-3)7-13-17-14(20-18-13)8-19-12-6-4-5-11(15)10(12)2;/h4-6,9,16H,7-8H2,1-3H3;1H. The van der Waals surface area contributed by atoms with Gasteiger partial charge in [0.1, 0.15) is 5.75 Å². The maximum Gasteiger partial charge on any atom is 0.264 e. The highest BCUT2D eigenvalue weighted by atomic mass is 35.5. The molecule has 0 amide bonds. The highest BCUT2D eigenvalue weighted by Crippen LogP contribution is 2.25. The van der Waals surface area contributed by atoms with E-state index < -0.39 is 0 Å². The molecule has 2 rings (SSSR count). The first kappa shape index (κ1) is 17.8. The van der Waals surface area contributed by atoms with E-state index in [1.807, 2.05) is 32.2 Å². The normalized spacial score (nSPS) is 11.8. The summed E-state index contributed by atoms with van der Waals surface area (Å²) < 4.78 is 10.8. The van der Waals surface area contributed by atoms with E-state index in [9.17, 15) is 0 Å². The highest BCUT2D eigenvalue weighted by molar-refractivity contribution is 6.31. The maximum atomic E-state index is 6.03. The van der Waals surface area contributed by atoms with Crippen LogP contribution in [-0.4, -0.2) is 23.2 Å². The van der Waals surface area contributed by atoms with E-state index in [0.29, 0.717) is 22.8 Å². The Morgan fingerprint density at radius 1 is 1.43 bits per heavy atom. The zero-order valence-electron chi connectivity index (χ0n) is 12.2. The van der Waals surface area contributed by atoms with E-state index in [-0.39, 0.29) is 19.0 Å². The van der Waals surface area contributed by atoms with Gasteiger partial charge in [0.15, 0.2) is 12.4 Å². The fourth-order valence-electron chi connectivity index (χ4n) is 1.69. The van der Waals surface area contributed by atoms with Gasteiger partial charge in [0, 0.05) is 23.0 Å². The number of rotatable bonds is 6. The highest BCUT2D eigenvalue weighted by Gasteiger charge is 2.11. The molecule has 2 aromatic rings. The maximum absolute atomic E-state index is 6.03. The average molecular weight is 332 g/mol. The van der Waals surface area contributed by atoms with Gasteiger partial charge in [0.2, 0.25) is 0 Å². The minimum absolute atomic E-state index is 0. The number of hydrogen-bond acceptors (Lipinski definition) is 5. The third-order valence-electron chi connectivity index (χ3n) is 3.06. The van der Waals surface area contributed by atoms with Crippen LogP contribution in [0.2, 0.25) is 5.02 Å². The van der Waals surface area contributed by atoms with Crippen LogP contribution in [0.15, 0.2) is 22.7 Å². The molecule has 21 heavy (non-hydrogen) atoms. The Hall–Kier alpha value is -1.30. The van der Waals surface area contributed by atoms with Gasteiger partial charge in [0.25, 0.3) is 5.89 Å². The van der Waals surface area contributed by atoms with Crippen molar-refractivity contribution >= 4 is 24.0 Å². The van der Waals surface area contributed by atoms with Crippen LogP contribution in [0.5, 0.6) is 5.75 Å². The second kappa shape index (κ2) is 8.22. The predicted octanol–water partition coefficient (Wildman–Crippen LogP) is 3.18. The van der Waals surface area contributed by atoms with E-state index in [2.05, 4.69) is 22.4 Å². The van der Waals surface area contributed by atoms with E-state index >= 15 is 0 Å². The molecule has 0 bridgehead atoms. The Labute approximate surface area is 135 Å². The first-order chi connectivity index (χ1) is 9.60. The van der Waals surface area contributed by atoms with Crippen LogP contribution >= 0.6 is 24.0 Å². The van der Waals surface area contributed by atoms with Crippen molar-refractivity contribution in [1.82, 2.24) is 15.5 Å². The van der Waals surface area contributed by atoms with Crippen LogP contribution in [0.1, 0.15) is 24.2 Å². The molecule has 0 fully saturated rings. The molecule has 0 saturated carbocycles. The third-order valence-corrected chi connectivity index (χ3v) is 3.47. The van der Waals surface area contributed by atoms with Gasteiger partial charge in [0.05, 0.1) is 0 Å². The Balaban J connectivity index is 0.00000220. The van der Waals surface area contributed by atoms with Gasteiger partial charge in [-0.3, -0.25) is 0 Å². The smallest absolute Gasteiger partial charge is 0.264 e. The summed E-state index contributed by atoms with van der Waals surface area (Å²) in [5.41, 5.74) is 0.901. The van der Waals surface area contributed by atoms with Crippen molar-refractivity contribution in [2.24, 2.45) is 0 Å². The van der Waals surface area contributed by atoms with E-state index in [1.165, 1.54) is 0 Å². The lowest BCUT2D eigenvalue weighted by Crippen LogP contribution is -2.24. The van der Waals surface area contributed by atoms with Crippen molar-refractivity contribution in [3.05, 3.63) is 40.5 Å². The first-order valence-electron chi connectivity index (χ1n) is 6.46. The number of benzene rings is 1. The van der Waals surface area contributed by atoms with Crippen LogP contribution in [0.4, 0.5) is 0 Å².